The molecule has 1 heterocycles. The van der Waals surface area contributed by atoms with E-state index in [0.29, 0.717) is 18.0 Å². The van der Waals surface area contributed by atoms with Crippen molar-refractivity contribution < 1.29 is 9.21 Å². The van der Waals surface area contributed by atoms with Crippen molar-refractivity contribution in [2.24, 2.45) is 5.41 Å². The highest BCUT2D eigenvalue weighted by Crippen LogP contribution is 2.24. The van der Waals surface area contributed by atoms with Gasteiger partial charge in [-0.25, -0.2) is 0 Å². The smallest absolute Gasteiger partial charge is 0.304 e. The molecule has 0 N–H and O–H groups in total. The SMILES string of the molecule is CN(C(=O)CC(C)(C)C)c1nc2ccccc2o1. The predicted molar refractivity (Wildman–Crippen MR) is 71.5 cm³/mol. The van der Waals surface area contributed by atoms with Crippen molar-refractivity contribution >= 4 is 23.0 Å². The lowest BCUT2D eigenvalue weighted by Gasteiger charge is -2.20. The normalized spacial score (nSPS) is 11.8. The lowest BCUT2D eigenvalue weighted by molar-refractivity contribution is -0.120. The van der Waals surface area contributed by atoms with Gasteiger partial charge in [0, 0.05) is 13.5 Å². The first kappa shape index (κ1) is 12.6. The van der Waals surface area contributed by atoms with Crippen LogP contribution in [0.2, 0.25) is 0 Å². The molecule has 2 aromatic rings. The predicted octanol–water partition coefficient (Wildman–Crippen LogP) is 3.23. The van der Waals surface area contributed by atoms with Gasteiger partial charge in [-0.1, -0.05) is 32.9 Å². The van der Waals surface area contributed by atoms with Gasteiger partial charge >= 0.3 is 6.01 Å². The van der Waals surface area contributed by atoms with Gasteiger partial charge in [0.2, 0.25) is 5.91 Å². The topological polar surface area (TPSA) is 46.3 Å². The van der Waals surface area contributed by atoms with Crippen LogP contribution in [0.3, 0.4) is 0 Å². The van der Waals surface area contributed by atoms with Gasteiger partial charge in [0.1, 0.15) is 5.52 Å². The number of carbonyl (C=O) groups excluding carboxylic acids is 1. The van der Waals surface area contributed by atoms with Crippen LogP contribution < -0.4 is 4.90 Å². The number of para-hydroxylation sites is 2. The summed E-state index contributed by atoms with van der Waals surface area (Å²) in [7, 11) is 1.69. The third kappa shape index (κ3) is 2.70. The molecule has 0 radical (unpaired) electrons. The molecule has 0 unspecified atom stereocenters. The Morgan fingerprint density at radius 3 is 2.61 bits per heavy atom. The van der Waals surface area contributed by atoms with Gasteiger partial charge < -0.3 is 4.42 Å². The van der Waals surface area contributed by atoms with E-state index in [2.05, 4.69) is 4.98 Å². The van der Waals surface area contributed by atoms with Crippen molar-refractivity contribution in [2.45, 2.75) is 27.2 Å². The van der Waals surface area contributed by atoms with Crippen molar-refractivity contribution in [1.29, 1.82) is 0 Å². The molecule has 4 heteroatoms. The van der Waals surface area contributed by atoms with Crippen molar-refractivity contribution in [1.82, 2.24) is 4.98 Å². The molecule has 4 nitrogen and oxygen atoms in total. The van der Waals surface area contributed by atoms with Crippen LogP contribution in [0.5, 0.6) is 0 Å². The van der Waals surface area contributed by atoms with Gasteiger partial charge in [-0.05, 0) is 17.5 Å². The molecular weight excluding hydrogens is 228 g/mol. The average Bonchev–Trinajstić information content (AvgIpc) is 2.68. The minimum atomic E-state index is -0.0443. The van der Waals surface area contributed by atoms with Crippen LogP contribution >= 0.6 is 0 Å². The van der Waals surface area contributed by atoms with Crippen LogP contribution in [0.4, 0.5) is 6.01 Å². The Bertz CT molecular complexity index is 533. The molecule has 0 fully saturated rings. The molecule has 2 rings (SSSR count). The van der Waals surface area contributed by atoms with E-state index < -0.39 is 0 Å². The summed E-state index contributed by atoms with van der Waals surface area (Å²) in [4.78, 5) is 17.8. The van der Waals surface area contributed by atoms with Crippen LogP contribution in [-0.2, 0) is 4.79 Å². The Balaban J connectivity index is 2.23. The van der Waals surface area contributed by atoms with E-state index in [9.17, 15) is 4.79 Å². The van der Waals surface area contributed by atoms with Crippen LogP contribution in [0.1, 0.15) is 27.2 Å². The highest BCUT2D eigenvalue weighted by atomic mass is 16.4. The number of nitrogens with zero attached hydrogens (tertiary/aromatic N) is 2. The molecular formula is C14H18N2O2. The maximum absolute atomic E-state index is 12.1. The molecule has 0 aliphatic rings. The Morgan fingerprint density at radius 2 is 2.00 bits per heavy atom. The molecule has 1 aromatic carbocycles. The molecule has 0 atom stereocenters. The lowest BCUT2D eigenvalue weighted by Crippen LogP contribution is -2.30. The number of amides is 1. The quantitative estimate of drug-likeness (QED) is 0.817. The standard InChI is InChI=1S/C14H18N2O2/c1-14(2,3)9-12(17)16(4)13-15-10-7-5-6-8-11(10)18-13/h5-8H,9H2,1-4H3. The Morgan fingerprint density at radius 1 is 1.33 bits per heavy atom. The summed E-state index contributed by atoms with van der Waals surface area (Å²) in [6.45, 7) is 6.10. The van der Waals surface area contributed by atoms with Crippen molar-refractivity contribution in [2.75, 3.05) is 11.9 Å². The molecule has 0 saturated carbocycles. The van der Waals surface area contributed by atoms with Gasteiger partial charge in [-0.2, -0.15) is 4.98 Å². The van der Waals surface area contributed by atoms with E-state index in [1.165, 1.54) is 4.90 Å². The second-order valence-corrected chi connectivity index (χ2v) is 5.65. The zero-order valence-corrected chi connectivity index (χ0v) is 11.2. The molecule has 0 bridgehead atoms. The highest BCUT2D eigenvalue weighted by molar-refractivity contribution is 5.92. The van der Waals surface area contributed by atoms with Gasteiger partial charge in [-0.3, -0.25) is 9.69 Å². The number of hydrogen-bond donors (Lipinski definition) is 0. The third-order valence-electron chi connectivity index (χ3n) is 2.63. The van der Waals surface area contributed by atoms with Gasteiger partial charge in [-0.15, -0.1) is 0 Å². The zero-order chi connectivity index (χ0) is 13.3. The summed E-state index contributed by atoms with van der Waals surface area (Å²) in [6, 6.07) is 7.84. The lowest BCUT2D eigenvalue weighted by atomic mass is 9.92. The first-order valence-electron chi connectivity index (χ1n) is 5.99. The monoisotopic (exact) mass is 246 g/mol. The fourth-order valence-corrected chi connectivity index (χ4v) is 1.68. The van der Waals surface area contributed by atoms with E-state index in [1.54, 1.807) is 7.05 Å². The highest BCUT2D eigenvalue weighted by Gasteiger charge is 2.22. The molecule has 0 aliphatic heterocycles. The maximum Gasteiger partial charge on any atom is 0.304 e. The second kappa shape index (κ2) is 4.44. The number of carbonyl (C=O) groups is 1. The van der Waals surface area contributed by atoms with Gasteiger partial charge in [0.05, 0.1) is 0 Å². The number of benzene rings is 1. The number of oxazole rings is 1. The van der Waals surface area contributed by atoms with E-state index in [0.717, 1.165) is 5.52 Å². The molecule has 96 valence electrons. The summed E-state index contributed by atoms with van der Waals surface area (Å²) < 4.78 is 5.56. The largest absolute Gasteiger partial charge is 0.423 e. The zero-order valence-electron chi connectivity index (χ0n) is 11.2. The molecule has 0 saturated heterocycles. The van der Waals surface area contributed by atoms with Crippen molar-refractivity contribution in [3.63, 3.8) is 0 Å². The molecule has 18 heavy (non-hydrogen) atoms. The Kier molecular flexibility index (Phi) is 3.11. The second-order valence-electron chi connectivity index (χ2n) is 5.65. The van der Waals surface area contributed by atoms with Crippen LogP contribution in [0.25, 0.3) is 11.1 Å². The molecule has 1 amide bonds. The van der Waals surface area contributed by atoms with Crippen LogP contribution in [0.15, 0.2) is 28.7 Å². The fourth-order valence-electron chi connectivity index (χ4n) is 1.68. The Labute approximate surface area is 107 Å². The molecule has 0 spiro atoms. The summed E-state index contributed by atoms with van der Waals surface area (Å²) >= 11 is 0. The number of rotatable bonds is 2. The first-order valence-corrected chi connectivity index (χ1v) is 5.99. The third-order valence-corrected chi connectivity index (χ3v) is 2.63. The summed E-state index contributed by atoms with van der Waals surface area (Å²) in [5, 5.41) is 0. The fraction of sp³-hybridized carbons (Fsp3) is 0.429. The molecule has 0 aliphatic carbocycles. The minimum absolute atomic E-state index is 0.00839. The van der Waals surface area contributed by atoms with Crippen molar-refractivity contribution in [3.8, 4) is 0 Å². The van der Waals surface area contributed by atoms with Gasteiger partial charge in [0.15, 0.2) is 5.58 Å². The van der Waals surface area contributed by atoms with Crippen LogP contribution in [-0.4, -0.2) is 17.9 Å². The summed E-state index contributed by atoms with van der Waals surface area (Å²) in [5.74, 6) is 0.00839. The van der Waals surface area contributed by atoms with E-state index in [1.807, 2.05) is 45.0 Å². The number of hydrogen-bond acceptors (Lipinski definition) is 3. The van der Waals surface area contributed by atoms with Crippen molar-refractivity contribution in [3.05, 3.63) is 24.3 Å². The van der Waals surface area contributed by atoms with E-state index in [-0.39, 0.29) is 11.3 Å². The summed E-state index contributed by atoms with van der Waals surface area (Å²) in [5.41, 5.74) is 1.42. The number of anilines is 1. The van der Waals surface area contributed by atoms with Crippen LogP contribution in [0, 0.1) is 5.41 Å². The number of aromatic nitrogens is 1. The number of fused-ring (bicyclic) bond motifs is 1. The van der Waals surface area contributed by atoms with Gasteiger partial charge in [0.25, 0.3) is 0 Å². The first-order chi connectivity index (χ1) is 8.37. The Hall–Kier alpha value is -1.84. The molecule has 1 aromatic heterocycles. The van der Waals surface area contributed by atoms with E-state index >= 15 is 0 Å². The van der Waals surface area contributed by atoms with E-state index in [4.69, 9.17) is 4.42 Å². The average molecular weight is 246 g/mol. The summed E-state index contributed by atoms with van der Waals surface area (Å²) in [6.07, 6.45) is 0.461. The maximum atomic E-state index is 12.1. The minimum Gasteiger partial charge on any atom is -0.423 e.